The molecule has 0 spiro atoms. The summed E-state index contributed by atoms with van der Waals surface area (Å²) in [6.45, 7) is 0.748. The molecule has 0 unspecified atom stereocenters. The molecule has 1 aromatic heterocycles. The Kier molecular flexibility index (Phi) is 6.33. The molecule has 4 rings (SSSR count). The van der Waals surface area contributed by atoms with E-state index in [-0.39, 0.29) is 10.8 Å². The SMILES string of the molecule is COc1ccc(S(=O)(=O)N2CCC(c3nc(-c4cccc(OC)c4OC)no3)CC2)cc1. The second kappa shape index (κ2) is 9.17. The van der Waals surface area contributed by atoms with Gasteiger partial charge in [0.25, 0.3) is 0 Å². The van der Waals surface area contributed by atoms with E-state index in [0.29, 0.717) is 60.5 Å². The molecule has 1 aliphatic heterocycles. The van der Waals surface area contributed by atoms with Crippen LogP contribution in [-0.2, 0) is 10.0 Å². The van der Waals surface area contributed by atoms with Crippen molar-refractivity contribution >= 4 is 10.0 Å². The number of aromatic nitrogens is 2. The summed E-state index contributed by atoms with van der Waals surface area (Å²) in [6.07, 6.45) is 1.18. The van der Waals surface area contributed by atoms with Crippen LogP contribution in [0, 0.1) is 0 Å². The highest BCUT2D eigenvalue weighted by molar-refractivity contribution is 7.89. The Hall–Kier alpha value is -3.11. The molecule has 0 amide bonds. The van der Waals surface area contributed by atoms with Crippen molar-refractivity contribution in [3.8, 4) is 28.6 Å². The van der Waals surface area contributed by atoms with Crippen LogP contribution in [0.25, 0.3) is 11.4 Å². The van der Waals surface area contributed by atoms with E-state index in [1.54, 1.807) is 51.7 Å². The molecule has 0 atom stereocenters. The van der Waals surface area contributed by atoms with Gasteiger partial charge in [-0.2, -0.15) is 9.29 Å². The maximum absolute atomic E-state index is 13.0. The lowest BCUT2D eigenvalue weighted by molar-refractivity contribution is 0.270. The van der Waals surface area contributed by atoms with Gasteiger partial charge in [-0.1, -0.05) is 11.2 Å². The van der Waals surface area contributed by atoms with Crippen LogP contribution in [0.5, 0.6) is 17.2 Å². The van der Waals surface area contributed by atoms with Crippen LogP contribution >= 0.6 is 0 Å². The van der Waals surface area contributed by atoms with E-state index in [2.05, 4.69) is 10.1 Å². The molecular formula is C22H25N3O6S. The fourth-order valence-electron chi connectivity index (χ4n) is 3.81. The summed E-state index contributed by atoms with van der Waals surface area (Å²) in [5.41, 5.74) is 0.668. The van der Waals surface area contributed by atoms with Gasteiger partial charge in [0, 0.05) is 19.0 Å². The highest BCUT2D eigenvalue weighted by Crippen LogP contribution is 2.38. The van der Waals surface area contributed by atoms with Crippen molar-refractivity contribution in [3.05, 3.63) is 48.4 Å². The molecule has 2 aromatic carbocycles. The van der Waals surface area contributed by atoms with Crippen LogP contribution in [0.3, 0.4) is 0 Å². The summed E-state index contributed by atoms with van der Waals surface area (Å²) in [5.74, 6) is 2.60. The van der Waals surface area contributed by atoms with Crippen LogP contribution in [0.2, 0.25) is 0 Å². The van der Waals surface area contributed by atoms with Crippen molar-refractivity contribution < 1.29 is 27.2 Å². The molecule has 170 valence electrons. The third-order valence-electron chi connectivity index (χ3n) is 5.59. The average Bonchev–Trinajstić information content (AvgIpc) is 3.33. The number of hydrogen-bond acceptors (Lipinski definition) is 8. The summed E-state index contributed by atoms with van der Waals surface area (Å²) in [5, 5.41) is 4.11. The first-order chi connectivity index (χ1) is 15.5. The van der Waals surface area contributed by atoms with E-state index in [9.17, 15) is 8.42 Å². The Labute approximate surface area is 187 Å². The summed E-state index contributed by atoms with van der Waals surface area (Å²) in [6, 6.07) is 11.9. The second-order valence-electron chi connectivity index (χ2n) is 7.35. The minimum Gasteiger partial charge on any atom is -0.497 e. The highest BCUT2D eigenvalue weighted by Gasteiger charge is 2.32. The Balaban J connectivity index is 1.47. The first-order valence-electron chi connectivity index (χ1n) is 10.2. The standard InChI is InChI=1S/C22H25N3O6S/c1-28-16-7-9-17(10-8-16)32(26,27)25-13-11-15(12-14-25)22-23-21(24-31-22)18-5-4-6-19(29-2)20(18)30-3/h4-10,15H,11-14H2,1-3H3. The predicted molar refractivity (Wildman–Crippen MR) is 117 cm³/mol. The quantitative estimate of drug-likeness (QED) is 0.530. The zero-order valence-corrected chi connectivity index (χ0v) is 19.0. The number of para-hydroxylation sites is 1. The van der Waals surface area contributed by atoms with Crippen molar-refractivity contribution in [2.24, 2.45) is 0 Å². The first-order valence-corrected chi connectivity index (χ1v) is 11.6. The van der Waals surface area contributed by atoms with Gasteiger partial charge in [0.1, 0.15) is 5.75 Å². The fourth-order valence-corrected chi connectivity index (χ4v) is 5.28. The maximum atomic E-state index is 13.0. The van der Waals surface area contributed by atoms with Crippen molar-refractivity contribution in [2.75, 3.05) is 34.4 Å². The van der Waals surface area contributed by atoms with Gasteiger partial charge in [0.2, 0.25) is 21.7 Å². The second-order valence-corrected chi connectivity index (χ2v) is 9.29. The van der Waals surface area contributed by atoms with E-state index in [4.69, 9.17) is 18.7 Å². The van der Waals surface area contributed by atoms with Gasteiger partial charge < -0.3 is 18.7 Å². The van der Waals surface area contributed by atoms with Crippen LogP contribution in [0.1, 0.15) is 24.7 Å². The summed E-state index contributed by atoms with van der Waals surface area (Å²) in [4.78, 5) is 4.81. The maximum Gasteiger partial charge on any atom is 0.243 e. The molecule has 1 aliphatic rings. The van der Waals surface area contributed by atoms with Crippen molar-refractivity contribution in [2.45, 2.75) is 23.7 Å². The number of methoxy groups -OCH3 is 3. The van der Waals surface area contributed by atoms with Gasteiger partial charge in [0.15, 0.2) is 11.5 Å². The molecule has 0 saturated carbocycles. The van der Waals surface area contributed by atoms with E-state index in [0.717, 1.165) is 0 Å². The molecule has 0 N–H and O–H groups in total. The van der Waals surface area contributed by atoms with Crippen LogP contribution in [0.15, 0.2) is 51.9 Å². The summed E-state index contributed by atoms with van der Waals surface area (Å²) < 4.78 is 48.8. The topological polar surface area (TPSA) is 104 Å². The minimum absolute atomic E-state index is 0.0184. The zero-order chi connectivity index (χ0) is 22.7. The van der Waals surface area contributed by atoms with Crippen LogP contribution in [0.4, 0.5) is 0 Å². The van der Waals surface area contributed by atoms with E-state index >= 15 is 0 Å². The lowest BCUT2D eigenvalue weighted by atomic mass is 9.98. The average molecular weight is 460 g/mol. The Morgan fingerprint density at radius 1 is 0.969 bits per heavy atom. The lowest BCUT2D eigenvalue weighted by Crippen LogP contribution is -2.37. The van der Waals surface area contributed by atoms with Gasteiger partial charge in [0.05, 0.1) is 31.8 Å². The highest BCUT2D eigenvalue weighted by atomic mass is 32.2. The van der Waals surface area contributed by atoms with Gasteiger partial charge in [-0.15, -0.1) is 0 Å². The molecule has 2 heterocycles. The Morgan fingerprint density at radius 2 is 1.69 bits per heavy atom. The molecule has 1 saturated heterocycles. The fraction of sp³-hybridized carbons (Fsp3) is 0.364. The van der Waals surface area contributed by atoms with Crippen molar-refractivity contribution in [1.82, 2.24) is 14.4 Å². The van der Waals surface area contributed by atoms with Crippen LogP contribution in [-0.4, -0.2) is 57.3 Å². The molecule has 0 aliphatic carbocycles. The number of piperidine rings is 1. The number of ether oxygens (including phenoxy) is 3. The molecule has 10 heteroatoms. The first kappa shape index (κ1) is 22.1. The molecule has 0 radical (unpaired) electrons. The molecule has 9 nitrogen and oxygen atoms in total. The molecule has 3 aromatic rings. The van der Waals surface area contributed by atoms with Crippen LogP contribution < -0.4 is 14.2 Å². The third kappa shape index (κ3) is 4.15. The normalized spacial score (nSPS) is 15.5. The number of sulfonamides is 1. The third-order valence-corrected chi connectivity index (χ3v) is 7.50. The Morgan fingerprint density at radius 3 is 2.31 bits per heavy atom. The predicted octanol–water partition coefficient (Wildman–Crippen LogP) is 3.33. The number of hydrogen-bond donors (Lipinski definition) is 0. The number of nitrogens with zero attached hydrogens (tertiary/aromatic N) is 3. The molecule has 32 heavy (non-hydrogen) atoms. The summed E-state index contributed by atoms with van der Waals surface area (Å²) >= 11 is 0. The van der Waals surface area contributed by atoms with E-state index in [1.807, 2.05) is 12.1 Å². The van der Waals surface area contributed by atoms with Gasteiger partial charge in [-0.05, 0) is 49.2 Å². The lowest BCUT2D eigenvalue weighted by Gasteiger charge is -2.29. The number of benzene rings is 2. The Bertz CT molecular complexity index is 1170. The van der Waals surface area contributed by atoms with Gasteiger partial charge in [-0.25, -0.2) is 8.42 Å². The van der Waals surface area contributed by atoms with E-state index < -0.39 is 10.0 Å². The van der Waals surface area contributed by atoms with Crippen molar-refractivity contribution in [3.63, 3.8) is 0 Å². The van der Waals surface area contributed by atoms with Gasteiger partial charge >= 0.3 is 0 Å². The van der Waals surface area contributed by atoms with E-state index in [1.165, 1.54) is 4.31 Å². The number of rotatable bonds is 7. The monoisotopic (exact) mass is 459 g/mol. The smallest absolute Gasteiger partial charge is 0.243 e. The zero-order valence-electron chi connectivity index (χ0n) is 18.1. The van der Waals surface area contributed by atoms with Gasteiger partial charge in [-0.3, -0.25) is 0 Å². The van der Waals surface area contributed by atoms with Crippen molar-refractivity contribution in [1.29, 1.82) is 0 Å². The largest absolute Gasteiger partial charge is 0.497 e. The molecule has 1 fully saturated rings. The minimum atomic E-state index is -3.57. The molecular weight excluding hydrogens is 434 g/mol. The molecule has 0 bridgehead atoms. The summed E-state index contributed by atoms with van der Waals surface area (Å²) in [7, 11) is 1.10.